The Kier molecular flexibility index (Phi) is 4.98. The number of benzene rings is 1. The van der Waals surface area contributed by atoms with Crippen LogP contribution in [-0.4, -0.2) is 17.8 Å². The highest BCUT2D eigenvalue weighted by atomic mass is 16.5. The highest BCUT2D eigenvalue weighted by molar-refractivity contribution is 5.34. The third kappa shape index (κ3) is 3.79. The molecule has 21 heavy (non-hydrogen) atoms. The van der Waals surface area contributed by atoms with E-state index in [0.29, 0.717) is 11.8 Å². The minimum atomic E-state index is -0.561. The lowest BCUT2D eigenvalue weighted by Crippen LogP contribution is -2.39. The largest absolute Gasteiger partial charge is 0.496 e. The zero-order valence-corrected chi connectivity index (χ0v) is 14.0. The fourth-order valence-electron chi connectivity index (χ4n) is 3.61. The van der Waals surface area contributed by atoms with E-state index < -0.39 is 5.60 Å². The van der Waals surface area contributed by atoms with Crippen LogP contribution >= 0.6 is 0 Å². The summed E-state index contributed by atoms with van der Waals surface area (Å²) in [4.78, 5) is 0. The third-order valence-corrected chi connectivity index (χ3v) is 5.64. The molecule has 0 atom stereocenters. The predicted octanol–water partition coefficient (Wildman–Crippen LogP) is 4.60. The average molecular weight is 290 g/mol. The molecule has 118 valence electrons. The van der Waals surface area contributed by atoms with Gasteiger partial charge in [-0.15, -0.1) is 0 Å². The topological polar surface area (TPSA) is 29.5 Å². The molecule has 1 N–H and O–H groups in total. The number of methoxy groups -OCH3 is 1. The van der Waals surface area contributed by atoms with Gasteiger partial charge in [0.2, 0.25) is 0 Å². The average Bonchev–Trinajstić information content (AvgIpc) is 2.48. The molecule has 0 heterocycles. The van der Waals surface area contributed by atoms with E-state index >= 15 is 0 Å². The Hall–Kier alpha value is -1.02. The first-order valence-corrected chi connectivity index (χ1v) is 8.24. The number of hydrogen-bond acceptors (Lipinski definition) is 2. The fraction of sp³-hybridized carbons (Fsp3) is 0.684. The van der Waals surface area contributed by atoms with Gasteiger partial charge in [-0.3, -0.25) is 0 Å². The van der Waals surface area contributed by atoms with Gasteiger partial charge in [0, 0.05) is 6.42 Å². The molecule has 0 aliphatic heterocycles. The van der Waals surface area contributed by atoms with Gasteiger partial charge >= 0.3 is 0 Å². The lowest BCUT2D eigenvalue weighted by atomic mass is 9.65. The standard InChI is InChI=1S/C19H30O2/c1-5-18(2,3)16-10-12-19(20,13-11-16)14-15-8-6-7-9-17(15)21-4/h6-9,16,20H,5,10-14H2,1-4H3. The minimum absolute atomic E-state index is 0.395. The molecule has 1 aromatic carbocycles. The molecule has 1 aliphatic rings. The van der Waals surface area contributed by atoms with Crippen molar-refractivity contribution in [1.82, 2.24) is 0 Å². The van der Waals surface area contributed by atoms with Crippen LogP contribution < -0.4 is 4.74 Å². The second kappa shape index (κ2) is 6.39. The molecular weight excluding hydrogens is 260 g/mol. The molecule has 0 aromatic heterocycles. The molecule has 0 bridgehead atoms. The molecule has 0 saturated heterocycles. The Bertz CT molecular complexity index is 456. The number of para-hydroxylation sites is 1. The van der Waals surface area contributed by atoms with Crippen molar-refractivity contribution in [2.24, 2.45) is 11.3 Å². The molecule has 2 nitrogen and oxygen atoms in total. The van der Waals surface area contributed by atoms with Crippen molar-refractivity contribution in [3.05, 3.63) is 29.8 Å². The van der Waals surface area contributed by atoms with Crippen LogP contribution in [0.3, 0.4) is 0 Å². The highest BCUT2D eigenvalue weighted by Crippen LogP contribution is 2.44. The van der Waals surface area contributed by atoms with Gasteiger partial charge in [0.05, 0.1) is 12.7 Å². The second-order valence-corrected chi connectivity index (χ2v) is 7.33. The fourth-order valence-corrected chi connectivity index (χ4v) is 3.61. The molecule has 0 amide bonds. The number of ether oxygens (including phenoxy) is 1. The van der Waals surface area contributed by atoms with Crippen molar-refractivity contribution in [3.8, 4) is 5.75 Å². The highest BCUT2D eigenvalue weighted by Gasteiger charge is 2.38. The lowest BCUT2D eigenvalue weighted by Gasteiger charge is -2.42. The quantitative estimate of drug-likeness (QED) is 0.859. The van der Waals surface area contributed by atoms with Crippen LogP contribution in [0.15, 0.2) is 24.3 Å². The van der Waals surface area contributed by atoms with Crippen molar-refractivity contribution >= 4 is 0 Å². The van der Waals surface area contributed by atoms with Crippen molar-refractivity contribution in [3.63, 3.8) is 0 Å². The maximum atomic E-state index is 10.9. The zero-order chi connectivity index (χ0) is 15.5. The van der Waals surface area contributed by atoms with E-state index in [4.69, 9.17) is 4.74 Å². The molecule has 1 aromatic rings. The number of rotatable bonds is 5. The Morgan fingerprint density at radius 1 is 1.24 bits per heavy atom. The molecule has 0 spiro atoms. The Morgan fingerprint density at radius 2 is 1.86 bits per heavy atom. The molecule has 1 fully saturated rings. The van der Waals surface area contributed by atoms with E-state index in [2.05, 4.69) is 26.8 Å². The molecular formula is C19H30O2. The molecule has 0 radical (unpaired) electrons. The normalized spacial score (nSPS) is 26.6. The van der Waals surface area contributed by atoms with Gasteiger partial charge < -0.3 is 9.84 Å². The van der Waals surface area contributed by atoms with E-state index in [9.17, 15) is 5.11 Å². The summed E-state index contributed by atoms with van der Waals surface area (Å²) in [6, 6.07) is 8.05. The SMILES string of the molecule is CCC(C)(C)C1CCC(O)(Cc2ccccc2OC)CC1. The van der Waals surface area contributed by atoms with Gasteiger partial charge in [0.1, 0.15) is 5.75 Å². The van der Waals surface area contributed by atoms with Crippen LogP contribution in [0.1, 0.15) is 58.4 Å². The maximum absolute atomic E-state index is 10.9. The maximum Gasteiger partial charge on any atom is 0.122 e. The Labute approximate surface area is 129 Å². The van der Waals surface area contributed by atoms with Crippen LogP contribution in [-0.2, 0) is 6.42 Å². The van der Waals surface area contributed by atoms with Crippen LogP contribution in [0.2, 0.25) is 0 Å². The summed E-state index contributed by atoms with van der Waals surface area (Å²) in [6.45, 7) is 7.00. The summed E-state index contributed by atoms with van der Waals surface area (Å²) in [7, 11) is 1.70. The molecule has 1 saturated carbocycles. The van der Waals surface area contributed by atoms with Gasteiger partial charge in [-0.25, -0.2) is 0 Å². The van der Waals surface area contributed by atoms with Gasteiger partial charge in [-0.05, 0) is 48.6 Å². The summed E-state index contributed by atoms with van der Waals surface area (Å²) in [5.74, 6) is 1.63. The van der Waals surface area contributed by atoms with Crippen molar-refractivity contribution in [2.75, 3.05) is 7.11 Å². The van der Waals surface area contributed by atoms with Crippen LogP contribution in [0, 0.1) is 11.3 Å². The Balaban J connectivity index is 2.02. The predicted molar refractivity (Wildman–Crippen MR) is 87.7 cm³/mol. The monoisotopic (exact) mass is 290 g/mol. The first kappa shape index (κ1) is 16.4. The molecule has 2 heteroatoms. The van der Waals surface area contributed by atoms with Gasteiger partial charge in [-0.2, -0.15) is 0 Å². The van der Waals surface area contributed by atoms with Gasteiger partial charge in [-0.1, -0.05) is 45.4 Å². The van der Waals surface area contributed by atoms with E-state index in [1.807, 2.05) is 18.2 Å². The van der Waals surface area contributed by atoms with Crippen molar-refractivity contribution < 1.29 is 9.84 Å². The van der Waals surface area contributed by atoms with Crippen molar-refractivity contribution in [1.29, 1.82) is 0 Å². The van der Waals surface area contributed by atoms with Crippen LogP contribution in [0.25, 0.3) is 0 Å². The lowest BCUT2D eigenvalue weighted by molar-refractivity contribution is -0.0279. The number of aliphatic hydroxyl groups is 1. The van der Waals surface area contributed by atoms with E-state index in [1.54, 1.807) is 7.11 Å². The summed E-state index contributed by atoms with van der Waals surface area (Å²) in [5, 5.41) is 10.9. The summed E-state index contributed by atoms with van der Waals surface area (Å²) in [6.07, 6.45) is 5.98. The van der Waals surface area contributed by atoms with Gasteiger partial charge in [0.25, 0.3) is 0 Å². The summed E-state index contributed by atoms with van der Waals surface area (Å²) < 4.78 is 5.41. The van der Waals surface area contributed by atoms with Crippen molar-refractivity contribution in [2.45, 2.75) is 64.9 Å². The molecule has 2 rings (SSSR count). The van der Waals surface area contributed by atoms with E-state index in [-0.39, 0.29) is 0 Å². The summed E-state index contributed by atoms with van der Waals surface area (Å²) >= 11 is 0. The Morgan fingerprint density at radius 3 is 2.43 bits per heavy atom. The van der Waals surface area contributed by atoms with E-state index in [1.165, 1.54) is 6.42 Å². The van der Waals surface area contributed by atoms with Crippen LogP contribution in [0.5, 0.6) is 5.75 Å². The first-order valence-electron chi connectivity index (χ1n) is 8.24. The number of hydrogen-bond donors (Lipinski definition) is 1. The second-order valence-electron chi connectivity index (χ2n) is 7.33. The third-order valence-electron chi connectivity index (χ3n) is 5.64. The van der Waals surface area contributed by atoms with Gasteiger partial charge in [0.15, 0.2) is 0 Å². The zero-order valence-electron chi connectivity index (χ0n) is 14.0. The molecule has 0 unspecified atom stereocenters. The smallest absolute Gasteiger partial charge is 0.122 e. The van der Waals surface area contributed by atoms with E-state index in [0.717, 1.165) is 42.9 Å². The first-order chi connectivity index (χ1) is 9.90. The summed E-state index contributed by atoms with van der Waals surface area (Å²) in [5.41, 5.74) is 0.955. The molecule has 1 aliphatic carbocycles. The van der Waals surface area contributed by atoms with Crippen LogP contribution in [0.4, 0.5) is 0 Å². The minimum Gasteiger partial charge on any atom is -0.496 e.